The molecule has 0 spiro atoms. The summed E-state index contributed by atoms with van der Waals surface area (Å²) in [6, 6.07) is 14.3. The molecule has 0 unspecified atom stereocenters. The number of nitrogens with two attached hydrogens (primary N) is 1. The van der Waals surface area contributed by atoms with Crippen LogP contribution in [0.25, 0.3) is 0 Å². The monoisotopic (exact) mass is 404 g/mol. The molecule has 0 bridgehead atoms. The van der Waals surface area contributed by atoms with E-state index in [1.807, 2.05) is 51.1 Å². The number of guanidine groups is 1. The second-order valence-corrected chi connectivity index (χ2v) is 8.86. The summed E-state index contributed by atoms with van der Waals surface area (Å²) >= 11 is 0. The first kappa shape index (κ1) is 21.7. The number of primary sulfonamides is 1. The van der Waals surface area contributed by atoms with Gasteiger partial charge in [-0.25, -0.2) is 13.6 Å². The Bertz CT molecular complexity index is 934. The van der Waals surface area contributed by atoms with E-state index in [1.54, 1.807) is 19.2 Å². The smallest absolute Gasteiger partial charge is 0.238 e. The van der Waals surface area contributed by atoms with Gasteiger partial charge in [-0.1, -0.05) is 30.3 Å². The molecular weight excluding hydrogens is 376 g/mol. The molecule has 2 aromatic carbocycles. The standard InChI is InChI=1S/C20H28N4O3S/c1-20(2,3)27-18-11-6-5-9-16(18)14-24-19(22-4)23-13-15-8-7-10-17(12-15)28(21,25)26/h5-12H,13-14H2,1-4H3,(H2,21,25,26)(H2,22,23,24). The van der Waals surface area contributed by atoms with Crippen molar-refractivity contribution in [3.63, 3.8) is 0 Å². The number of para-hydroxylation sites is 1. The Morgan fingerprint density at radius 3 is 2.39 bits per heavy atom. The van der Waals surface area contributed by atoms with Gasteiger partial charge in [0, 0.05) is 25.7 Å². The molecule has 2 aromatic rings. The van der Waals surface area contributed by atoms with Crippen LogP contribution in [0.15, 0.2) is 58.4 Å². The minimum absolute atomic E-state index is 0.0861. The molecule has 0 radical (unpaired) electrons. The van der Waals surface area contributed by atoms with Gasteiger partial charge in [0.25, 0.3) is 0 Å². The highest BCUT2D eigenvalue weighted by molar-refractivity contribution is 7.89. The van der Waals surface area contributed by atoms with Crippen molar-refractivity contribution in [2.45, 2.75) is 44.4 Å². The molecule has 8 heteroatoms. The van der Waals surface area contributed by atoms with Gasteiger partial charge in [0.2, 0.25) is 10.0 Å². The molecule has 0 aliphatic carbocycles. The number of hydrogen-bond donors (Lipinski definition) is 3. The molecule has 0 saturated heterocycles. The van der Waals surface area contributed by atoms with E-state index in [-0.39, 0.29) is 10.5 Å². The van der Waals surface area contributed by atoms with Gasteiger partial charge in [-0.05, 0) is 44.5 Å². The largest absolute Gasteiger partial charge is 0.488 e. The van der Waals surface area contributed by atoms with Gasteiger partial charge in [0.05, 0.1) is 4.90 Å². The average Bonchev–Trinajstić information content (AvgIpc) is 2.61. The van der Waals surface area contributed by atoms with Crippen LogP contribution in [0.1, 0.15) is 31.9 Å². The number of aliphatic imine (C=N–C) groups is 1. The molecule has 152 valence electrons. The number of nitrogens with one attached hydrogen (secondary N) is 2. The molecule has 28 heavy (non-hydrogen) atoms. The number of sulfonamides is 1. The van der Waals surface area contributed by atoms with E-state index in [1.165, 1.54) is 6.07 Å². The summed E-state index contributed by atoms with van der Waals surface area (Å²) in [6.45, 7) is 6.96. The predicted octanol–water partition coefficient (Wildman–Crippen LogP) is 2.38. The summed E-state index contributed by atoms with van der Waals surface area (Å²) in [5.41, 5.74) is 1.51. The summed E-state index contributed by atoms with van der Waals surface area (Å²) in [5.74, 6) is 1.41. The van der Waals surface area contributed by atoms with Crippen molar-refractivity contribution in [2.75, 3.05) is 7.05 Å². The second-order valence-electron chi connectivity index (χ2n) is 7.29. The number of ether oxygens (including phenoxy) is 1. The lowest BCUT2D eigenvalue weighted by Gasteiger charge is -2.23. The summed E-state index contributed by atoms with van der Waals surface area (Å²) < 4.78 is 29.0. The minimum Gasteiger partial charge on any atom is -0.488 e. The van der Waals surface area contributed by atoms with Crippen molar-refractivity contribution in [1.29, 1.82) is 0 Å². The Morgan fingerprint density at radius 1 is 1.07 bits per heavy atom. The predicted molar refractivity (Wildman–Crippen MR) is 112 cm³/mol. The van der Waals surface area contributed by atoms with E-state index < -0.39 is 10.0 Å². The van der Waals surface area contributed by atoms with E-state index >= 15 is 0 Å². The van der Waals surface area contributed by atoms with Gasteiger partial charge in [0.15, 0.2) is 5.96 Å². The summed E-state index contributed by atoms with van der Waals surface area (Å²) in [4.78, 5) is 4.29. The van der Waals surface area contributed by atoms with Crippen LogP contribution in [0.4, 0.5) is 0 Å². The molecule has 0 atom stereocenters. The van der Waals surface area contributed by atoms with Gasteiger partial charge < -0.3 is 15.4 Å². The summed E-state index contributed by atoms with van der Waals surface area (Å²) in [7, 11) is -2.05. The molecule has 7 nitrogen and oxygen atoms in total. The van der Waals surface area contributed by atoms with E-state index in [0.717, 1.165) is 16.9 Å². The second kappa shape index (κ2) is 9.07. The van der Waals surface area contributed by atoms with E-state index in [2.05, 4.69) is 15.6 Å². The van der Waals surface area contributed by atoms with Crippen LogP contribution in [0.3, 0.4) is 0 Å². The van der Waals surface area contributed by atoms with Crippen LogP contribution < -0.4 is 20.5 Å². The molecule has 4 N–H and O–H groups in total. The fraction of sp³-hybridized carbons (Fsp3) is 0.350. The maximum atomic E-state index is 11.5. The Labute approximate surface area is 167 Å². The van der Waals surface area contributed by atoms with E-state index in [4.69, 9.17) is 9.88 Å². The molecular formula is C20H28N4O3S. The highest BCUT2D eigenvalue weighted by Gasteiger charge is 2.14. The molecule has 0 amide bonds. The van der Waals surface area contributed by atoms with Gasteiger partial charge >= 0.3 is 0 Å². The first-order valence-corrected chi connectivity index (χ1v) is 10.5. The topological polar surface area (TPSA) is 106 Å². The van der Waals surface area contributed by atoms with Gasteiger partial charge in [-0.3, -0.25) is 4.99 Å². The number of benzene rings is 2. The van der Waals surface area contributed by atoms with E-state index in [0.29, 0.717) is 19.0 Å². The fourth-order valence-corrected chi connectivity index (χ4v) is 3.08. The zero-order chi connectivity index (χ0) is 20.8. The zero-order valence-corrected chi connectivity index (χ0v) is 17.5. The normalized spacial score (nSPS) is 12.5. The Hall–Kier alpha value is -2.58. The van der Waals surface area contributed by atoms with Crippen LogP contribution in [0, 0.1) is 0 Å². The lowest BCUT2D eigenvalue weighted by atomic mass is 10.1. The van der Waals surface area contributed by atoms with Crippen LogP contribution in [-0.4, -0.2) is 27.0 Å². The molecule has 0 aliphatic heterocycles. The van der Waals surface area contributed by atoms with Crippen LogP contribution in [0.2, 0.25) is 0 Å². The highest BCUT2D eigenvalue weighted by atomic mass is 32.2. The van der Waals surface area contributed by atoms with Crippen LogP contribution >= 0.6 is 0 Å². The Kier molecular flexibility index (Phi) is 7.04. The van der Waals surface area contributed by atoms with Gasteiger partial charge in [-0.15, -0.1) is 0 Å². The first-order chi connectivity index (χ1) is 13.1. The summed E-state index contributed by atoms with van der Waals surface area (Å²) in [5, 5.41) is 11.6. The zero-order valence-electron chi connectivity index (χ0n) is 16.7. The molecule has 2 rings (SSSR count). The minimum atomic E-state index is -3.72. The van der Waals surface area contributed by atoms with Gasteiger partial charge in [-0.2, -0.15) is 0 Å². The number of hydrogen-bond acceptors (Lipinski definition) is 4. The van der Waals surface area contributed by atoms with Crippen molar-refractivity contribution < 1.29 is 13.2 Å². The average molecular weight is 405 g/mol. The lowest BCUT2D eigenvalue weighted by molar-refractivity contribution is 0.129. The third-order valence-electron chi connectivity index (χ3n) is 3.75. The van der Waals surface area contributed by atoms with Crippen LogP contribution in [0.5, 0.6) is 5.75 Å². The molecule has 0 aliphatic rings. The molecule has 0 heterocycles. The molecule has 0 saturated carbocycles. The third-order valence-corrected chi connectivity index (χ3v) is 4.66. The highest BCUT2D eigenvalue weighted by Crippen LogP contribution is 2.22. The van der Waals surface area contributed by atoms with Crippen molar-refractivity contribution in [3.05, 3.63) is 59.7 Å². The van der Waals surface area contributed by atoms with Crippen LogP contribution in [-0.2, 0) is 23.1 Å². The van der Waals surface area contributed by atoms with Gasteiger partial charge in [0.1, 0.15) is 11.4 Å². The first-order valence-electron chi connectivity index (χ1n) is 8.92. The SMILES string of the molecule is CN=C(NCc1cccc(S(N)(=O)=O)c1)NCc1ccccc1OC(C)(C)C. The number of rotatable bonds is 6. The maximum absolute atomic E-state index is 11.5. The van der Waals surface area contributed by atoms with Crippen molar-refractivity contribution >= 4 is 16.0 Å². The van der Waals surface area contributed by atoms with Crippen molar-refractivity contribution in [1.82, 2.24) is 10.6 Å². The number of nitrogens with zero attached hydrogens (tertiary/aromatic N) is 1. The fourth-order valence-electron chi connectivity index (χ4n) is 2.50. The quantitative estimate of drug-likeness (QED) is 0.506. The molecule has 0 fully saturated rings. The Balaban J connectivity index is 2.00. The van der Waals surface area contributed by atoms with Crippen molar-refractivity contribution in [3.8, 4) is 5.75 Å². The lowest BCUT2D eigenvalue weighted by Crippen LogP contribution is -2.36. The maximum Gasteiger partial charge on any atom is 0.238 e. The van der Waals surface area contributed by atoms with Crippen molar-refractivity contribution in [2.24, 2.45) is 10.1 Å². The van der Waals surface area contributed by atoms with E-state index in [9.17, 15) is 8.42 Å². The molecule has 0 aromatic heterocycles. The third kappa shape index (κ3) is 6.86. The summed E-state index contributed by atoms with van der Waals surface area (Å²) in [6.07, 6.45) is 0. The Morgan fingerprint density at radius 2 is 1.75 bits per heavy atom.